The molecule has 5 nitrogen and oxygen atoms in total. The van der Waals surface area contributed by atoms with Crippen LogP contribution in [0.1, 0.15) is 16.9 Å². The summed E-state index contributed by atoms with van der Waals surface area (Å²) in [5.74, 6) is -0.153. The van der Waals surface area contributed by atoms with Crippen molar-refractivity contribution in [3.63, 3.8) is 0 Å². The molecule has 0 saturated carbocycles. The van der Waals surface area contributed by atoms with Crippen LogP contribution in [-0.2, 0) is 0 Å². The van der Waals surface area contributed by atoms with Crippen LogP contribution in [0.2, 0.25) is 5.02 Å². The van der Waals surface area contributed by atoms with E-state index in [0.717, 1.165) is 6.54 Å². The first-order valence-electron chi connectivity index (χ1n) is 6.22. The maximum absolute atomic E-state index is 12.4. The number of likely N-dealkylation sites (tertiary alicyclic amines) is 1. The summed E-state index contributed by atoms with van der Waals surface area (Å²) in [5, 5.41) is 10.3. The van der Waals surface area contributed by atoms with Crippen LogP contribution < -0.4 is 0 Å². The second kappa shape index (κ2) is 5.86. The van der Waals surface area contributed by atoms with E-state index in [1.165, 1.54) is 6.20 Å². The van der Waals surface area contributed by atoms with E-state index in [9.17, 15) is 9.90 Å². The number of halogens is 1. The maximum Gasteiger partial charge on any atom is 0.272 e. The van der Waals surface area contributed by atoms with Gasteiger partial charge in [0.1, 0.15) is 5.69 Å². The van der Waals surface area contributed by atoms with E-state index < -0.39 is 6.10 Å². The smallest absolute Gasteiger partial charge is 0.272 e. The summed E-state index contributed by atoms with van der Waals surface area (Å²) in [4.78, 5) is 20.1. The molecule has 2 rings (SSSR count). The minimum absolute atomic E-state index is 0.0231. The summed E-state index contributed by atoms with van der Waals surface area (Å²) in [6, 6.07) is 3.28. The molecule has 1 aliphatic heterocycles. The molecule has 0 bridgehead atoms. The predicted octanol–water partition coefficient (Wildman–Crippen LogP) is 0.872. The highest BCUT2D eigenvalue weighted by molar-refractivity contribution is 6.30. The van der Waals surface area contributed by atoms with E-state index in [2.05, 4.69) is 4.98 Å². The lowest BCUT2D eigenvalue weighted by Crippen LogP contribution is -2.41. The molecule has 1 aromatic heterocycles. The molecule has 1 amide bonds. The van der Waals surface area contributed by atoms with Crippen LogP contribution in [-0.4, -0.2) is 65.1 Å². The van der Waals surface area contributed by atoms with E-state index in [-0.39, 0.29) is 11.9 Å². The molecule has 1 aromatic rings. The number of aliphatic hydroxyl groups is 1. The third kappa shape index (κ3) is 3.43. The Hall–Kier alpha value is -1.17. The van der Waals surface area contributed by atoms with Crippen LogP contribution >= 0.6 is 11.6 Å². The first kappa shape index (κ1) is 14.2. The zero-order valence-corrected chi connectivity index (χ0v) is 11.8. The van der Waals surface area contributed by atoms with Crippen molar-refractivity contribution in [2.24, 2.45) is 0 Å². The third-order valence-electron chi connectivity index (χ3n) is 3.18. The first-order valence-corrected chi connectivity index (χ1v) is 6.60. The minimum Gasteiger partial charge on any atom is -0.391 e. The van der Waals surface area contributed by atoms with Gasteiger partial charge in [0.2, 0.25) is 0 Å². The zero-order chi connectivity index (χ0) is 14.0. The zero-order valence-electron chi connectivity index (χ0n) is 11.1. The summed E-state index contributed by atoms with van der Waals surface area (Å²) in [6.07, 6.45) is 1.61. The molecule has 1 aliphatic rings. The second-order valence-electron chi connectivity index (χ2n) is 5.12. The van der Waals surface area contributed by atoms with Gasteiger partial charge in [0, 0.05) is 25.3 Å². The number of pyridine rings is 1. The van der Waals surface area contributed by atoms with Gasteiger partial charge >= 0.3 is 0 Å². The number of carbonyl (C=O) groups is 1. The number of hydrogen-bond donors (Lipinski definition) is 1. The summed E-state index contributed by atoms with van der Waals surface area (Å²) < 4.78 is 0. The van der Waals surface area contributed by atoms with Gasteiger partial charge in [-0.2, -0.15) is 0 Å². The van der Waals surface area contributed by atoms with Crippen LogP contribution in [0.4, 0.5) is 0 Å². The van der Waals surface area contributed by atoms with E-state index >= 15 is 0 Å². The number of aliphatic hydroxyl groups excluding tert-OH is 1. The highest BCUT2D eigenvalue weighted by atomic mass is 35.5. The Morgan fingerprint density at radius 2 is 2.32 bits per heavy atom. The van der Waals surface area contributed by atoms with Crippen molar-refractivity contribution in [2.45, 2.75) is 18.6 Å². The Bertz CT molecular complexity index is 450. The lowest BCUT2D eigenvalue weighted by atomic mass is 10.2. The molecule has 1 fully saturated rings. The van der Waals surface area contributed by atoms with Gasteiger partial charge in [-0.25, -0.2) is 4.98 Å². The maximum atomic E-state index is 12.4. The normalized spacial score (nSPS) is 23.1. The lowest BCUT2D eigenvalue weighted by molar-refractivity contribution is 0.0693. The number of likely N-dealkylation sites (N-methyl/N-ethyl adjacent to an activating group) is 1. The van der Waals surface area contributed by atoms with Crippen LogP contribution in [0.5, 0.6) is 0 Å². The molecule has 0 radical (unpaired) electrons. The second-order valence-corrected chi connectivity index (χ2v) is 5.56. The summed E-state index contributed by atoms with van der Waals surface area (Å²) >= 11 is 5.76. The molecular weight excluding hydrogens is 266 g/mol. The number of β-amino-alcohol motifs (C(OH)–C–C–N with tert-alkyl or cyclic N) is 1. The van der Waals surface area contributed by atoms with Gasteiger partial charge in [-0.1, -0.05) is 11.6 Å². The topological polar surface area (TPSA) is 56.7 Å². The lowest BCUT2D eigenvalue weighted by Gasteiger charge is -2.26. The van der Waals surface area contributed by atoms with E-state index in [1.807, 2.05) is 19.0 Å². The van der Waals surface area contributed by atoms with Crippen molar-refractivity contribution in [3.8, 4) is 0 Å². The van der Waals surface area contributed by atoms with Gasteiger partial charge in [-0.3, -0.25) is 4.79 Å². The Balaban J connectivity index is 2.14. The van der Waals surface area contributed by atoms with E-state index in [4.69, 9.17) is 11.6 Å². The molecule has 0 aliphatic carbocycles. The highest BCUT2D eigenvalue weighted by Crippen LogP contribution is 2.21. The molecule has 19 heavy (non-hydrogen) atoms. The van der Waals surface area contributed by atoms with Gasteiger partial charge in [0.25, 0.3) is 5.91 Å². The largest absolute Gasteiger partial charge is 0.391 e. The van der Waals surface area contributed by atoms with Crippen molar-refractivity contribution in [2.75, 3.05) is 27.2 Å². The van der Waals surface area contributed by atoms with Crippen molar-refractivity contribution < 1.29 is 9.90 Å². The van der Waals surface area contributed by atoms with Gasteiger partial charge in [-0.05, 0) is 32.6 Å². The summed E-state index contributed by atoms with van der Waals surface area (Å²) in [5.41, 5.74) is 0.363. The first-order chi connectivity index (χ1) is 8.97. The highest BCUT2D eigenvalue weighted by Gasteiger charge is 2.35. The molecular formula is C13H18ClN3O2. The number of nitrogens with zero attached hydrogens (tertiary/aromatic N) is 3. The molecule has 0 aromatic carbocycles. The standard InChI is InChI=1S/C13H18ClN3O2/c1-16(2)7-10-5-11(18)8-17(10)13(19)12-4-3-9(14)6-15-12/h3-4,6,10-11,18H,5,7-8H2,1-2H3. The molecule has 0 spiro atoms. The third-order valence-corrected chi connectivity index (χ3v) is 3.40. The van der Waals surface area contributed by atoms with E-state index in [1.54, 1.807) is 17.0 Å². The molecule has 2 atom stereocenters. The number of amides is 1. The van der Waals surface area contributed by atoms with Gasteiger partial charge in [-0.15, -0.1) is 0 Å². The van der Waals surface area contributed by atoms with Crippen LogP contribution in [0, 0.1) is 0 Å². The monoisotopic (exact) mass is 283 g/mol. The number of hydrogen-bond acceptors (Lipinski definition) is 4. The quantitative estimate of drug-likeness (QED) is 0.894. The molecule has 1 N–H and O–H groups in total. The average molecular weight is 284 g/mol. The predicted molar refractivity (Wildman–Crippen MR) is 73.2 cm³/mol. The van der Waals surface area contributed by atoms with Crippen molar-refractivity contribution >= 4 is 17.5 Å². The number of carbonyl (C=O) groups excluding carboxylic acids is 1. The number of rotatable bonds is 3. The molecule has 6 heteroatoms. The fourth-order valence-electron chi connectivity index (χ4n) is 2.38. The fraction of sp³-hybridized carbons (Fsp3) is 0.538. The van der Waals surface area contributed by atoms with Crippen molar-refractivity contribution in [3.05, 3.63) is 29.0 Å². The number of aromatic nitrogens is 1. The van der Waals surface area contributed by atoms with Crippen LogP contribution in [0.15, 0.2) is 18.3 Å². The van der Waals surface area contributed by atoms with Gasteiger partial charge in [0.05, 0.1) is 11.1 Å². The van der Waals surface area contributed by atoms with Gasteiger partial charge < -0.3 is 14.9 Å². The average Bonchev–Trinajstić information content (AvgIpc) is 2.69. The van der Waals surface area contributed by atoms with Crippen LogP contribution in [0.3, 0.4) is 0 Å². The Morgan fingerprint density at radius 3 is 2.89 bits per heavy atom. The Labute approximate surface area is 117 Å². The van der Waals surface area contributed by atoms with E-state index in [0.29, 0.717) is 23.7 Å². The van der Waals surface area contributed by atoms with Crippen molar-refractivity contribution in [1.29, 1.82) is 0 Å². The summed E-state index contributed by atoms with van der Waals surface area (Å²) in [7, 11) is 3.90. The molecule has 2 heterocycles. The molecule has 104 valence electrons. The SMILES string of the molecule is CN(C)CC1CC(O)CN1C(=O)c1ccc(Cl)cn1. The Kier molecular flexibility index (Phi) is 4.39. The minimum atomic E-state index is -0.457. The molecule has 2 unspecified atom stereocenters. The Morgan fingerprint density at radius 1 is 1.58 bits per heavy atom. The van der Waals surface area contributed by atoms with Crippen LogP contribution in [0.25, 0.3) is 0 Å². The van der Waals surface area contributed by atoms with Crippen molar-refractivity contribution in [1.82, 2.24) is 14.8 Å². The summed E-state index contributed by atoms with van der Waals surface area (Å²) in [6.45, 7) is 1.10. The fourth-order valence-corrected chi connectivity index (χ4v) is 2.50. The van der Waals surface area contributed by atoms with Gasteiger partial charge in [0.15, 0.2) is 0 Å². The molecule has 1 saturated heterocycles.